The van der Waals surface area contributed by atoms with Gasteiger partial charge in [0.05, 0.1) is 18.1 Å². The molecule has 1 aliphatic heterocycles. The maximum absolute atomic E-state index is 11.3. The first-order chi connectivity index (χ1) is 9.55. The second kappa shape index (κ2) is 8.54. The molecule has 6 nitrogen and oxygen atoms in total. The first-order valence-corrected chi connectivity index (χ1v) is 8.42. The van der Waals surface area contributed by atoms with Gasteiger partial charge in [-0.25, -0.2) is 8.42 Å². The number of anilines is 1. The van der Waals surface area contributed by atoms with Crippen molar-refractivity contribution in [1.29, 1.82) is 0 Å². The maximum atomic E-state index is 11.3. The van der Waals surface area contributed by atoms with E-state index < -0.39 is 9.84 Å². The Labute approximate surface area is 142 Å². The SMILES string of the molecule is I.NC(=NCCN1CCS(=O)(=O)CC1)Nc1ccccc1. The van der Waals surface area contributed by atoms with Crippen LogP contribution in [0, 0.1) is 0 Å². The van der Waals surface area contributed by atoms with Gasteiger partial charge in [-0.05, 0) is 12.1 Å². The van der Waals surface area contributed by atoms with E-state index in [-0.39, 0.29) is 35.5 Å². The fourth-order valence-electron chi connectivity index (χ4n) is 1.99. The average molecular weight is 424 g/mol. The Morgan fingerprint density at radius 2 is 1.86 bits per heavy atom. The van der Waals surface area contributed by atoms with Gasteiger partial charge in [-0.1, -0.05) is 18.2 Å². The Bertz CT molecular complexity index is 549. The summed E-state index contributed by atoms with van der Waals surface area (Å²) in [6.07, 6.45) is 0. The van der Waals surface area contributed by atoms with Crippen molar-refractivity contribution in [2.75, 3.05) is 43.0 Å². The number of nitrogens with two attached hydrogens (primary N) is 1. The molecule has 0 radical (unpaired) electrons. The van der Waals surface area contributed by atoms with Crippen molar-refractivity contribution >= 4 is 45.5 Å². The maximum Gasteiger partial charge on any atom is 0.193 e. The molecule has 1 saturated heterocycles. The van der Waals surface area contributed by atoms with Gasteiger partial charge in [0, 0.05) is 25.3 Å². The van der Waals surface area contributed by atoms with Crippen molar-refractivity contribution in [1.82, 2.24) is 4.90 Å². The Balaban J connectivity index is 0.00000220. The number of hydrogen-bond acceptors (Lipinski definition) is 4. The van der Waals surface area contributed by atoms with Crippen LogP contribution in [0.4, 0.5) is 5.69 Å². The zero-order chi connectivity index (χ0) is 14.4. The number of aliphatic imine (C=N–C) groups is 1. The number of nitrogens with one attached hydrogen (secondary N) is 1. The van der Waals surface area contributed by atoms with Crippen molar-refractivity contribution in [3.63, 3.8) is 0 Å². The second-order valence-electron chi connectivity index (χ2n) is 4.75. The van der Waals surface area contributed by atoms with Crippen molar-refractivity contribution in [3.8, 4) is 0 Å². The molecule has 0 aliphatic carbocycles. The summed E-state index contributed by atoms with van der Waals surface area (Å²) in [5, 5.41) is 3.01. The smallest absolute Gasteiger partial charge is 0.193 e. The van der Waals surface area contributed by atoms with Crippen LogP contribution < -0.4 is 11.1 Å². The Morgan fingerprint density at radius 3 is 2.48 bits per heavy atom. The molecule has 1 heterocycles. The van der Waals surface area contributed by atoms with Crippen molar-refractivity contribution < 1.29 is 8.42 Å². The van der Waals surface area contributed by atoms with Gasteiger partial charge in [0.2, 0.25) is 0 Å². The highest BCUT2D eigenvalue weighted by Gasteiger charge is 2.20. The molecule has 0 saturated carbocycles. The summed E-state index contributed by atoms with van der Waals surface area (Å²) in [4.78, 5) is 6.34. The van der Waals surface area contributed by atoms with Crippen LogP contribution in [0.1, 0.15) is 0 Å². The average Bonchev–Trinajstić information content (AvgIpc) is 2.42. The van der Waals surface area contributed by atoms with Gasteiger partial charge in [-0.2, -0.15) is 0 Å². The Hall–Kier alpha value is -0.870. The predicted molar refractivity (Wildman–Crippen MR) is 97.1 cm³/mol. The molecular formula is C13H21IN4O2S. The van der Waals surface area contributed by atoms with Gasteiger partial charge in [0.25, 0.3) is 0 Å². The molecule has 21 heavy (non-hydrogen) atoms. The lowest BCUT2D eigenvalue weighted by molar-refractivity contribution is 0.304. The Kier molecular flexibility index (Phi) is 7.40. The van der Waals surface area contributed by atoms with E-state index in [0.717, 1.165) is 12.2 Å². The number of rotatable bonds is 4. The molecule has 1 aromatic carbocycles. The molecule has 8 heteroatoms. The van der Waals surface area contributed by atoms with Crippen LogP contribution in [0.3, 0.4) is 0 Å². The zero-order valence-electron chi connectivity index (χ0n) is 11.7. The van der Waals surface area contributed by atoms with Crippen molar-refractivity contribution in [2.45, 2.75) is 0 Å². The molecule has 1 fully saturated rings. The number of nitrogens with zero attached hydrogens (tertiary/aromatic N) is 2. The first-order valence-electron chi connectivity index (χ1n) is 6.60. The third kappa shape index (κ3) is 6.62. The van der Waals surface area contributed by atoms with E-state index in [1.165, 1.54) is 0 Å². The van der Waals surface area contributed by atoms with E-state index in [9.17, 15) is 8.42 Å². The third-order valence-electron chi connectivity index (χ3n) is 3.18. The van der Waals surface area contributed by atoms with Crippen molar-refractivity contribution in [2.24, 2.45) is 10.7 Å². The summed E-state index contributed by atoms with van der Waals surface area (Å²) in [6.45, 7) is 2.46. The van der Waals surface area contributed by atoms with Crippen molar-refractivity contribution in [3.05, 3.63) is 30.3 Å². The lowest BCUT2D eigenvalue weighted by Crippen LogP contribution is -2.41. The molecule has 3 N–H and O–H groups in total. The second-order valence-corrected chi connectivity index (χ2v) is 7.06. The fourth-order valence-corrected chi connectivity index (χ4v) is 3.27. The molecule has 0 bridgehead atoms. The highest BCUT2D eigenvalue weighted by Crippen LogP contribution is 2.04. The highest BCUT2D eigenvalue weighted by atomic mass is 127. The van der Waals surface area contributed by atoms with Crippen LogP contribution in [0.5, 0.6) is 0 Å². The monoisotopic (exact) mass is 424 g/mol. The fraction of sp³-hybridized carbons (Fsp3) is 0.462. The standard InChI is InChI=1S/C13H20N4O2S.HI/c14-13(16-12-4-2-1-3-5-12)15-6-7-17-8-10-20(18,19)11-9-17;/h1-5H,6-11H2,(H3,14,15,16);1H. The summed E-state index contributed by atoms with van der Waals surface area (Å²) in [6, 6.07) is 9.60. The number of sulfone groups is 1. The lowest BCUT2D eigenvalue weighted by atomic mass is 10.3. The molecule has 1 aromatic rings. The number of guanidine groups is 1. The number of para-hydroxylation sites is 1. The van der Waals surface area contributed by atoms with Crippen LogP contribution >= 0.6 is 24.0 Å². The molecule has 1 aliphatic rings. The summed E-state index contributed by atoms with van der Waals surface area (Å²) < 4.78 is 22.6. The van der Waals surface area contributed by atoms with E-state index >= 15 is 0 Å². The van der Waals surface area contributed by atoms with Gasteiger partial charge in [-0.3, -0.25) is 9.89 Å². The Morgan fingerprint density at radius 1 is 1.24 bits per heavy atom. The quantitative estimate of drug-likeness (QED) is 0.424. The molecule has 0 atom stereocenters. The van der Waals surface area contributed by atoms with Crippen LogP contribution in [0.25, 0.3) is 0 Å². The van der Waals surface area contributed by atoms with Gasteiger partial charge >= 0.3 is 0 Å². The summed E-state index contributed by atoms with van der Waals surface area (Å²) >= 11 is 0. The molecule has 0 unspecified atom stereocenters. The molecule has 0 spiro atoms. The summed E-state index contributed by atoms with van der Waals surface area (Å²) in [7, 11) is -2.81. The molecular weight excluding hydrogens is 403 g/mol. The minimum atomic E-state index is -2.81. The van der Waals surface area contributed by atoms with Gasteiger partial charge in [0.1, 0.15) is 0 Å². The van der Waals surface area contributed by atoms with Crippen LogP contribution in [0.2, 0.25) is 0 Å². The largest absolute Gasteiger partial charge is 0.370 e. The molecule has 0 amide bonds. The minimum absolute atomic E-state index is 0. The number of benzene rings is 1. The normalized spacial score (nSPS) is 18.8. The first kappa shape index (κ1) is 18.2. The minimum Gasteiger partial charge on any atom is -0.370 e. The topological polar surface area (TPSA) is 87.8 Å². The van der Waals surface area contributed by atoms with E-state index in [2.05, 4.69) is 15.2 Å². The number of halogens is 1. The predicted octanol–water partition coefficient (Wildman–Crippen LogP) is 0.762. The molecule has 2 rings (SSSR count). The van der Waals surface area contributed by atoms with Crippen LogP contribution in [-0.2, 0) is 9.84 Å². The number of hydrogen-bond donors (Lipinski definition) is 2. The lowest BCUT2D eigenvalue weighted by Gasteiger charge is -2.25. The molecule has 118 valence electrons. The van der Waals surface area contributed by atoms with Gasteiger partial charge in [0.15, 0.2) is 15.8 Å². The van der Waals surface area contributed by atoms with Gasteiger partial charge < -0.3 is 11.1 Å². The highest BCUT2D eigenvalue weighted by molar-refractivity contribution is 14.0. The van der Waals surface area contributed by atoms with E-state index in [0.29, 0.717) is 25.6 Å². The van der Waals surface area contributed by atoms with E-state index in [1.54, 1.807) is 0 Å². The zero-order valence-corrected chi connectivity index (χ0v) is 14.9. The van der Waals surface area contributed by atoms with Crippen LogP contribution in [0.15, 0.2) is 35.3 Å². The van der Waals surface area contributed by atoms with Gasteiger partial charge in [-0.15, -0.1) is 24.0 Å². The van der Waals surface area contributed by atoms with Crippen LogP contribution in [-0.4, -0.2) is 57.0 Å². The van der Waals surface area contributed by atoms with E-state index in [1.807, 2.05) is 30.3 Å². The summed E-state index contributed by atoms with van der Waals surface area (Å²) in [5.41, 5.74) is 6.69. The summed E-state index contributed by atoms with van der Waals surface area (Å²) in [5.74, 6) is 0.865. The van der Waals surface area contributed by atoms with E-state index in [4.69, 9.17) is 5.73 Å². The molecule has 0 aromatic heterocycles. The third-order valence-corrected chi connectivity index (χ3v) is 4.79.